The molecule has 2 rings (SSSR count). The van der Waals surface area contributed by atoms with Crippen molar-refractivity contribution in [2.45, 2.75) is 38.9 Å². The van der Waals surface area contributed by atoms with Crippen LogP contribution in [0.25, 0.3) is 0 Å². The molecule has 27 heavy (non-hydrogen) atoms. The second-order valence-corrected chi connectivity index (χ2v) is 6.50. The van der Waals surface area contributed by atoms with Gasteiger partial charge in [0.05, 0.1) is 24.9 Å². The van der Waals surface area contributed by atoms with Gasteiger partial charge >= 0.3 is 0 Å². The quantitative estimate of drug-likeness (QED) is 0.199. The second kappa shape index (κ2) is 11.1. The Morgan fingerprint density at radius 2 is 0.963 bits per heavy atom. The van der Waals surface area contributed by atoms with E-state index in [1.165, 1.54) is 0 Å². The van der Waals surface area contributed by atoms with Crippen LogP contribution in [0.3, 0.4) is 0 Å². The minimum atomic E-state index is 0.213. The number of nitrogens with two attached hydrogens (primary N) is 2. The maximum Gasteiger partial charge on any atom is 0.147 e. The van der Waals surface area contributed by atoms with E-state index in [-0.39, 0.29) is 18.5 Å². The summed E-state index contributed by atoms with van der Waals surface area (Å²) in [6, 6.07) is 16.2. The number of amidine groups is 2. The summed E-state index contributed by atoms with van der Waals surface area (Å²) in [4.78, 5) is 0. The fraction of sp³-hybridized carbons (Fsp3) is 0.333. The second-order valence-electron chi connectivity index (χ2n) is 6.50. The summed E-state index contributed by atoms with van der Waals surface area (Å²) >= 11 is 0. The minimum Gasteiger partial charge on any atom is -0.388 e. The lowest BCUT2D eigenvalue weighted by Gasteiger charge is -2.08. The molecule has 0 radical (unpaired) electrons. The molecule has 6 N–H and O–H groups in total. The van der Waals surface area contributed by atoms with E-state index >= 15 is 0 Å². The molecular weight excluding hydrogens is 340 g/mol. The van der Waals surface area contributed by atoms with Crippen LogP contribution in [-0.2, 0) is 35.5 Å². The Morgan fingerprint density at radius 3 is 1.30 bits per heavy atom. The molecule has 0 aliphatic heterocycles. The third-order valence-electron chi connectivity index (χ3n) is 4.12. The van der Waals surface area contributed by atoms with Gasteiger partial charge in [0.2, 0.25) is 0 Å². The van der Waals surface area contributed by atoms with Gasteiger partial charge in [0.15, 0.2) is 0 Å². The van der Waals surface area contributed by atoms with Crippen molar-refractivity contribution in [1.29, 1.82) is 10.8 Å². The SMILES string of the molecule is N=C(N)CCc1ccc(COCOCc2ccc(CCC(=N)N)cc2)cc1. The average Bonchev–Trinajstić information content (AvgIpc) is 2.66. The number of rotatable bonds is 12. The monoisotopic (exact) mass is 368 g/mol. The van der Waals surface area contributed by atoms with Crippen molar-refractivity contribution >= 4 is 11.7 Å². The van der Waals surface area contributed by atoms with E-state index in [0.717, 1.165) is 35.1 Å². The molecular formula is C21H28N4O2. The van der Waals surface area contributed by atoms with E-state index in [9.17, 15) is 0 Å². The Kier molecular flexibility index (Phi) is 8.48. The maximum absolute atomic E-state index is 7.25. The first-order chi connectivity index (χ1) is 13.0. The van der Waals surface area contributed by atoms with Crippen molar-refractivity contribution < 1.29 is 9.47 Å². The highest BCUT2D eigenvalue weighted by atomic mass is 16.7. The van der Waals surface area contributed by atoms with Gasteiger partial charge in [0.25, 0.3) is 0 Å². The molecule has 0 aliphatic carbocycles. The zero-order chi connectivity index (χ0) is 19.5. The lowest BCUT2D eigenvalue weighted by molar-refractivity contribution is -0.0689. The first-order valence-corrected chi connectivity index (χ1v) is 9.00. The van der Waals surface area contributed by atoms with E-state index in [2.05, 4.69) is 0 Å². The van der Waals surface area contributed by atoms with Crippen LogP contribution >= 0.6 is 0 Å². The van der Waals surface area contributed by atoms with Crippen LogP contribution in [0.4, 0.5) is 0 Å². The van der Waals surface area contributed by atoms with Crippen LogP contribution < -0.4 is 11.5 Å². The minimum absolute atomic E-state index is 0.213. The highest BCUT2D eigenvalue weighted by Crippen LogP contribution is 2.10. The molecule has 144 valence electrons. The zero-order valence-corrected chi connectivity index (χ0v) is 15.5. The molecule has 2 aromatic carbocycles. The lowest BCUT2D eigenvalue weighted by Crippen LogP contribution is -2.10. The first kappa shape index (κ1) is 20.6. The number of ether oxygens (including phenoxy) is 2. The van der Waals surface area contributed by atoms with Crippen molar-refractivity contribution in [2.24, 2.45) is 11.5 Å². The third-order valence-corrected chi connectivity index (χ3v) is 4.12. The van der Waals surface area contributed by atoms with Gasteiger partial charge in [-0.3, -0.25) is 10.8 Å². The summed E-state index contributed by atoms with van der Waals surface area (Å²) in [5.74, 6) is 0.426. The maximum atomic E-state index is 7.25. The molecule has 0 aromatic heterocycles. The number of nitrogens with one attached hydrogen (secondary N) is 2. The molecule has 2 aromatic rings. The normalized spacial score (nSPS) is 10.7. The number of aryl methyl sites for hydroxylation is 2. The van der Waals surface area contributed by atoms with Crippen LogP contribution in [-0.4, -0.2) is 18.5 Å². The summed E-state index contributed by atoms with van der Waals surface area (Å²) in [6.07, 6.45) is 2.74. The van der Waals surface area contributed by atoms with Gasteiger partial charge in [-0.15, -0.1) is 0 Å². The molecule has 0 saturated heterocycles. The van der Waals surface area contributed by atoms with Gasteiger partial charge in [-0.2, -0.15) is 0 Å². The van der Waals surface area contributed by atoms with Gasteiger partial charge in [0.1, 0.15) is 6.79 Å². The van der Waals surface area contributed by atoms with E-state index < -0.39 is 0 Å². The zero-order valence-electron chi connectivity index (χ0n) is 15.5. The largest absolute Gasteiger partial charge is 0.388 e. The Balaban J connectivity index is 1.62. The van der Waals surface area contributed by atoms with E-state index in [0.29, 0.717) is 26.1 Å². The van der Waals surface area contributed by atoms with Crippen molar-refractivity contribution in [3.63, 3.8) is 0 Å². The molecule has 0 unspecified atom stereocenters. The molecule has 0 fully saturated rings. The summed E-state index contributed by atoms with van der Waals surface area (Å²) < 4.78 is 11.1. The van der Waals surface area contributed by atoms with E-state index in [1.54, 1.807) is 0 Å². The lowest BCUT2D eigenvalue weighted by atomic mass is 10.1. The summed E-state index contributed by atoms with van der Waals surface area (Å²) in [5.41, 5.74) is 15.2. The van der Waals surface area contributed by atoms with Crippen LogP contribution in [0.2, 0.25) is 0 Å². The summed E-state index contributed by atoms with van der Waals surface area (Å²) in [5, 5.41) is 14.5. The smallest absolute Gasteiger partial charge is 0.147 e. The van der Waals surface area contributed by atoms with Gasteiger partial charge in [-0.05, 0) is 35.1 Å². The predicted octanol–water partition coefficient (Wildman–Crippen LogP) is 3.11. The van der Waals surface area contributed by atoms with Crippen LogP contribution in [0, 0.1) is 10.8 Å². The van der Waals surface area contributed by atoms with Crippen molar-refractivity contribution in [1.82, 2.24) is 0 Å². The van der Waals surface area contributed by atoms with Crippen LogP contribution in [0.5, 0.6) is 0 Å². The van der Waals surface area contributed by atoms with Gasteiger partial charge in [-0.1, -0.05) is 48.5 Å². The fourth-order valence-electron chi connectivity index (χ4n) is 2.54. The van der Waals surface area contributed by atoms with Crippen LogP contribution in [0.15, 0.2) is 48.5 Å². The molecule has 0 spiro atoms. The average molecular weight is 368 g/mol. The van der Waals surface area contributed by atoms with Crippen molar-refractivity contribution in [2.75, 3.05) is 6.79 Å². The summed E-state index contributed by atoms with van der Waals surface area (Å²) in [7, 11) is 0. The Morgan fingerprint density at radius 1 is 0.630 bits per heavy atom. The molecule has 6 heteroatoms. The Hall–Kier alpha value is -2.70. The number of hydrogen-bond acceptors (Lipinski definition) is 4. The Bertz CT molecular complexity index is 663. The highest BCUT2D eigenvalue weighted by molar-refractivity contribution is 5.77. The number of benzene rings is 2. The number of hydrogen-bond donors (Lipinski definition) is 4. The molecule has 0 aliphatic rings. The molecule has 0 bridgehead atoms. The van der Waals surface area contributed by atoms with Gasteiger partial charge in [0, 0.05) is 12.8 Å². The van der Waals surface area contributed by atoms with Crippen molar-refractivity contribution in [3.8, 4) is 0 Å². The standard InChI is InChI=1S/C21H28N4O2/c22-20(23)11-9-16-1-5-18(6-2-16)13-26-15-27-14-19-7-3-17(4-8-19)10-12-21(24)25/h1-8H,9-15H2,(H3,22,23)(H3,24,25). The van der Waals surface area contributed by atoms with Crippen LogP contribution in [0.1, 0.15) is 35.1 Å². The third kappa shape index (κ3) is 8.48. The molecule has 0 atom stereocenters. The topological polar surface area (TPSA) is 118 Å². The Labute approximate surface area is 160 Å². The highest BCUT2D eigenvalue weighted by Gasteiger charge is 1.99. The van der Waals surface area contributed by atoms with Gasteiger partial charge in [-0.25, -0.2) is 0 Å². The molecule has 0 saturated carbocycles. The first-order valence-electron chi connectivity index (χ1n) is 9.00. The summed E-state index contributed by atoms with van der Waals surface area (Å²) in [6.45, 7) is 1.23. The van der Waals surface area contributed by atoms with E-state index in [1.807, 2.05) is 48.5 Å². The van der Waals surface area contributed by atoms with Crippen molar-refractivity contribution in [3.05, 3.63) is 70.8 Å². The molecule has 6 nitrogen and oxygen atoms in total. The molecule has 0 heterocycles. The molecule has 0 amide bonds. The fourth-order valence-corrected chi connectivity index (χ4v) is 2.54. The predicted molar refractivity (Wildman–Crippen MR) is 108 cm³/mol. The van der Waals surface area contributed by atoms with Gasteiger partial charge < -0.3 is 20.9 Å². The van der Waals surface area contributed by atoms with E-state index in [4.69, 9.17) is 31.8 Å².